The molecule has 0 saturated carbocycles. The van der Waals surface area contributed by atoms with Crippen molar-refractivity contribution in [1.82, 2.24) is 4.98 Å². The molecule has 5 heteroatoms. The van der Waals surface area contributed by atoms with Gasteiger partial charge in [-0.15, -0.1) is 11.3 Å². The van der Waals surface area contributed by atoms with Crippen LogP contribution in [0, 0.1) is 5.82 Å². The Morgan fingerprint density at radius 2 is 1.81 bits per heavy atom. The summed E-state index contributed by atoms with van der Waals surface area (Å²) < 4.78 is 12.9. The number of aromatic nitrogens is 1. The van der Waals surface area contributed by atoms with Crippen LogP contribution in [0.1, 0.15) is 30.9 Å². The van der Waals surface area contributed by atoms with Crippen LogP contribution in [-0.4, -0.2) is 10.9 Å². The van der Waals surface area contributed by atoms with Crippen molar-refractivity contribution in [3.05, 3.63) is 76.9 Å². The van der Waals surface area contributed by atoms with Crippen LogP contribution in [0.15, 0.2) is 60.0 Å². The zero-order chi connectivity index (χ0) is 18.5. The van der Waals surface area contributed by atoms with Gasteiger partial charge in [-0.25, -0.2) is 9.37 Å². The van der Waals surface area contributed by atoms with Crippen LogP contribution >= 0.6 is 11.3 Å². The lowest BCUT2D eigenvalue weighted by molar-refractivity contribution is -0.111. The highest BCUT2D eigenvalue weighted by Crippen LogP contribution is 2.26. The Balaban J connectivity index is 1.64. The maximum Gasteiger partial charge on any atom is 0.250 e. The Kier molecular flexibility index (Phi) is 5.58. The molecule has 3 nitrogen and oxygen atoms in total. The smallest absolute Gasteiger partial charge is 0.250 e. The number of thiazole rings is 1. The van der Waals surface area contributed by atoms with Gasteiger partial charge in [-0.2, -0.15) is 0 Å². The number of hydrogen-bond donors (Lipinski definition) is 1. The largest absolute Gasteiger partial charge is 0.298 e. The third-order valence-electron chi connectivity index (χ3n) is 3.90. The zero-order valence-corrected chi connectivity index (χ0v) is 15.4. The van der Waals surface area contributed by atoms with Crippen LogP contribution in [-0.2, 0) is 4.79 Å². The SMILES string of the molecule is CC(C)c1ccc(-c2csc(NC(=O)C=Cc3ccc(F)cc3)n2)cc1. The summed E-state index contributed by atoms with van der Waals surface area (Å²) in [5, 5.41) is 5.21. The van der Waals surface area contributed by atoms with Gasteiger partial charge < -0.3 is 0 Å². The number of anilines is 1. The highest BCUT2D eigenvalue weighted by atomic mass is 32.1. The maximum absolute atomic E-state index is 12.9. The topological polar surface area (TPSA) is 42.0 Å². The fraction of sp³-hybridized carbons (Fsp3) is 0.143. The number of amides is 1. The molecule has 0 bridgehead atoms. The second-order valence-electron chi connectivity index (χ2n) is 6.19. The number of nitrogens with one attached hydrogen (secondary N) is 1. The minimum atomic E-state index is -0.302. The molecular formula is C21H19FN2OS. The average molecular weight is 366 g/mol. The van der Waals surface area contributed by atoms with E-state index in [1.54, 1.807) is 18.2 Å². The summed E-state index contributed by atoms with van der Waals surface area (Å²) in [5.41, 5.74) is 3.89. The number of benzene rings is 2. The minimum Gasteiger partial charge on any atom is -0.298 e. The van der Waals surface area contributed by atoms with Crippen molar-refractivity contribution in [2.45, 2.75) is 19.8 Å². The number of halogens is 1. The summed E-state index contributed by atoms with van der Waals surface area (Å²) in [4.78, 5) is 16.5. The fourth-order valence-electron chi connectivity index (χ4n) is 2.40. The summed E-state index contributed by atoms with van der Waals surface area (Å²) in [6.07, 6.45) is 3.04. The van der Waals surface area contributed by atoms with E-state index in [1.807, 2.05) is 17.5 Å². The predicted octanol–water partition coefficient (Wildman–Crippen LogP) is 5.72. The van der Waals surface area contributed by atoms with Crippen molar-refractivity contribution in [3.8, 4) is 11.3 Å². The molecule has 1 N–H and O–H groups in total. The Morgan fingerprint density at radius 1 is 1.12 bits per heavy atom. The Hall–Kier alpha value is -2.79. The minimum absolute atomic E-state index is 0.273. The summed E-state index contributed by atoms with van der Waals surface area (Å²) in [5.74, 6) is -0.0871. The molecule has 132 valence electrons. The van der Waals surface area contributed by atoms with Gasteiger partial charge in [-0.05, 0) is 35.3 Å². The summed E-state index contributed by atoms with van der Waals surface area (Å²) in [6, 6.07) is 14.2. The van der Waals surface area contributed by atoms with Crippen molar-refractivity contribution < 1.29 is 9.18 Å². The lowest BCUT2D eigenvalue weighted by Gasteiger charge is -2.05. The average Bonchev–Trinajstić information content (AvgIpc) is 3.10. The van der Waals surface area contributed by atoms with E-state index in [0.717, 1.165) is 16.8 Å². The highest BCUT2D eigenvalue weighted by Gasteiger charge is 2.07. The molecule has 0 radical (unpaired) electrons. The Bertz CT molecular complexity index is 912. The predicted molar refractivity (Wildman–Crippen MR) is 106 cm³/mol. The first-order valence-electron chi connectivity index (χ1n) is 8.32. The van der Waals surface area contributed by atoms with Crippen LogP contribution in [0.4, 0.5) is 9.52 Å². The van der Waals surface area contributed by atoms with Crippen molar-refractivity contribution in [2.75, 3.05) is 5.32 Å². The molecule has 1 amide bonds. The molecule has 0 aliphatic rings. The van der Waals surface area contributed by atoms with E-state index >= 15 is 0 Å². The number of nitrogens with zero attached hydrogens (tertiary/aromatic N) is 1. The molecule has 0 spiro atoms. The third-order valence-corrected chi connectivity index (χ3v) is 4.66. The lowest BCUT2D eigenvalue weighted by Crippen LogP contribution is -2.07. The second kappa shape index (κ2) is 8.06. The van der Waals surface area contributed by atoms with Gasteiger partial charge in [0.15, 0.2) is 5.13 Å². The molecule has 0 fully saturated rings. The molecule has 0 atom stereocenters. The van der Waals surface area contributed by atoms with Crippen molar-refractivity contribution >= 4 is 28.5 Å². The monoisotopic (exact) mass is 366 g/mol. The van der Waals surface area contributed by atoms with Gasteiger partial charge >= 0.3 is 0 Å². The van der Waals surface area contributed by atoms with Gasteiger partial charge in [0.1, 0.15) is 5.82 Å². The number of hydrogen-bond acceptors (Lipinski definition) is 3. The van der Waals surface area contributed by atoms with E-state index in [-0.39, 0.29) is 11.7 Å². The van der Waals surface area contributed by atoms with E-state index in [2.05, 4.69) is 36.3 Å². The standard InChI is InChI=1S/C21H19FN2OS/c1-14(2)16-6-8-17(9-7-16)19-13-26-21(23-19)24-20(25)12-5-15-3-10-18(22)11-4-15/h3-14H,1-2H3,(H,23,24,25). The molecule has 0 saturated heterocycles. The molecular weight excluding hydrogens is 347 g/mol. The third kappa shape index (κ3) is 4.64. The lowest BCUT2D eigenvalue weighted by atomic mass is 10.0. The quantitative estimate of drug-likeness (QED) is 0.586. The van der Waals surface area contributed by atoms with Gasteiger partial charge in [0.2, 0.25) is 5.91 Å². The maximum atomic E-state index is 12.9. The van der Waals surface area contributed by atoms with Crippen LogP contribution in [0.25, 0.3) is 17.3 Å². The molecule has 3 aromatic rings. The van der Waals surface area contributed by atoms with E-state index in [4.69, 9.17) is 0 Å². The summed E-state index contributed by atoms with van der Waals surface area (Å²) in [7, 11) is 0. The van der Waals surface area contributed by atoms with Crippen molar-refractivity contribution in [1.29, 1.82) is 0 Å². The van der Waals surface area contributed by atoms with Crippen molar-refractivity contribution in [3.63, 3.8) is 0 Å². The molecule has 3 rings (SSSR count). The van der Waals surface area contributed by atoms with Gasteiger partial charge in [-0.1, -0.05) is 50.2 Å². The van der Waals surface area contributed by atoms with E-state index < -0.39 is 0 Å². The highest BCUT2D eigenvalue weighted by molar-refractivity contribution is 7.14. The Morgan fingerprint density at radius 3 is 2.46 bits per heavy atom. The first-order valence-corrected chi connectivity index (χ1v) is 9.20. The van der Waals surface area contributed by atoms with E-state index in [9.17, 15) is 9.18 Å². The van der Waals surface area contributed by atoms with Crippen LogP contribution in [0.2, 0.25) is 0 Å². The summed E-state index contributed by atoms with van der Waals surface area (Å²) in [6.45, 7) is 4.32. The van der Waals surface area contributed by atoms with E-state index in [1.165, 1.54) is 35.1 Å². The van der Waals surface area contributed by atoms with Gasteiger partial charge in [0.05, 0.1) is 5.69 Å². The first-order chi connectivity index (χ1) is 12.5. The zero-order valence-electron chi connectivity index (χ0n) is 14.6. The molecule has 1 aromatic heterocycles. The van der Waals surface area contributed by atoms with Crippen LogP contribution in [0.5, 0.6) is 0 Å². The summed E-state index contributed by atoms with van der Waals surface area (Å²) >= 11 is 1.38. The van der Waals surface area contributed by atoms with Crippen LogP contribution < -0.4 is 5.32 Å². The second-order valence-corrected chi connectivity index (χ2v) is 7.05. The number of rotatable bonds is 5. The first kappa shape index (κ1) is 18.0. The van der Waals surface area contributed by atoms with Crippen molar-refractivity contribution in [2.24, 2.45) is 0 Å². The van der Waals surface area contributed by atoms with Gasteiger partial charge in [0, 0.05) is 17.0 Å². The molecule has 1 heterocycles. The molecule has 0 aliphatic carbocycles. The van der Waals surface area contributed by atoms with Gasteiger partial charge in [0.25, 0.3) is 0 Å². The fourth-order valence-corrected chi connectivity index (χ4v) is 3.12. The van der Waals surface area contributed by atoms with Gasteiger partial charge in [-0.3, -0.25) is 10.1 Å². The Labute approximate surface area is 156 Å². The van der Waals surface area contributed by atoms with E-state index in [0.29, 0.717) is 11.0 Å². The number of carbonyl (C=O) groups excluding carboxylic acids is 1. The molecule has 0 aliphatic heterocycles. The molecule has 26 heavy (non-hydrogen) atoms. The molecule has 0 unspecified atom stereocenters. The van der Waals surface area contributed by atoms with Crippen LogP contribution in [0.3, 0.4) is 0 Å². The normalized spacial score (nSPS) is 11.2. The number of carbonyl (C=O) groups is 1. The molecule has 2 aromatic carbocycles.